The lowest BCUT2D eigenvalue weighted by atomic mass is 9.81. The summed E-state index contributed by atoms with van der Waals surface area (Å²) in [5.41, 5.74) is 3.64. The molecule has 1 aliphatic heterocycles. The molecule has 1 aromatic carbocycles. The molecule has 1 heterocycles. The Balaban J connectivity index is 2.42. The quantitative estimate of drug-likeness (QED) is 0.733. The molecule has 3 heteroatoms. The van der Waals surface area contributed by atoms with Gasteiger partial charge in [0.25, 0.3) is 0 Å². The first kappa shape index (κ1) is 11.8. The summed E-state index contributed by atoms with van der Waals surface area (Å²) in [6, 6.07) is 5.56. The molecule has 0 amide bonds. The monoisotopic (exact) mass is 231 g/mol. The molecular weight excluding hydrogens is 214 g/mol. The first-order chi connectivity index (χ1) is 7.96. The van der Waals surface area contributed by atoms with Crippen molar-refractivity contribution in [3.63, 3.8) is 0 Å². The fourth-order valence-corrected chi connectivity index (χ4v) is 1.99. The Kier molecular flexibility index (Phi) is 2.77. The van der Waals surface area contributed by atoms with Crippen molar-refractivity contribution in [3.05, 3.63) is 29.3 Å². The van der Waals surface area contributed by atoms with E-state index in [0.717, 1.165) is 17.0 Å². The second-order valence-corrected chi connectivity index (χ2v) is 4.77. The fourth-order valence-electron chi connectivity index (χ4n) is 1.99. The lowest BCUT2D eigenvalue weighted by Crippen LogP contribution is -2.23. The number of ether oxygens (including phenoxy) is 1. The Morgan fingerprint density at radius 2 is 2.12 bits per heavy atom. The van der Waals surface area contributed by atoms with Gasteiger partial charge in [0.2, 0.25) is 0 Å². The molecule has 0 atom stereocenters. The molecular formula is C14H17NO2. The number of hydrogen-bond acceptors (Lipinski definition) is 3. The molecule has 0 aromatic heterocycles. The zero-order chi connectivity index (χ0) is 12.6. The Morgan fingerprint density at radius 1 is 1.41 bits per heavy atom. The number of carbonyl (C=O) groups is 1. The highest BCUT2D eigenvalue weighted by Crippen LogP contribution is 2.40. The molecule has 90 valence electrons. The van der Waals surface area contributed by atoms with Gasteiger partial charge in [-0.25, -0.2) is 4.79 Å². The summed E-state index contributed by atoms with van der Waals surface area (Å²) < 4.78 is 5.01. The van der Waals surface area contributed by atoms with Crippen molar-refractivity contribution in [1.82, 2.24) is 0 Å². The van der Waals surface area contributed by atoms with E-state index in [9.17, 15) is 4.79 Å². The summed E-state index contributed by atoms with van der Waals surface area (Å²) in [5.74, 6) is -0.268. The predicted octanol–water partition coefficient (Wildman–Crippen LogP) is 3.25. The average Bonchev–Trinajstić information content (AvgIpc) is 2.50. The van der Waals surface area contributed by atoms with Crippen molar-refractivity contribution in [2.24, 2.45) is 4.99 Å². The normalized spacial score (nSPS) is 16.4. The van der Waals surface area contributed by atoms with E-state index < -0.39 is 0 Å². The van der Waals surface area contributed by atoms with Gasteiger partial charge in [0.1, 0.15) is 0 Å². The minimum absolute atomic E-state index is 0.0994. The predicted molar refractivity (Wildman–Crippen MR) is 68.2 cm³/mol. The molecule has 0 saturated heterocycles. The topological polar surface area (TPSA) is 38.7 Å². The zero-order valence-electron chi connectivity index (χ0n) is 10.7. The standard InChI is InChI=1S/C14H17NO2/c1-5-17-13(16)10-6-7-12-11(8-10)14(3,4)9(2)15-12/h6-8H,5H2,1-4H3. The van der Waals surface area contributed by atoms with Crippen LogP contribution in [0.2, 0.25) is 0 Å². The Hall–Kier alpha value is -1.64. The van der Waals surface area contributed by atoms with Gasteiger partial charge >= 0.3 is 5.97 Å². The van der Waals surface area contributed by atoms with Gasteiger partial charge in [-0.15, -0.1) is 0 Å². The maximum atomic E-state index is 11.7. The van der Waals surface area contributed by atoms with E-state index in [1.165, 1.54) is 0 Å². The second kappa shape index (κ2) is 3.99. The van der Waals surface area contributed by atoms with E-state index in [1.807, 2.05) is 26.0 Å². The van der Waals surface area contributed by atoms with E-state index in [2.05, 4.69) is 18.8 Å². The van der Waals surface area contributed by atoms with Crippen LogP contribution in [0.1, 0.15) is 43.6 Å². The lowest BCUT2D eigenvalue weighted by Gasteiger charge is -2.20. The van der Waals surface area contributed by atoms with Gasteiger partial charge in [-0.1, -0.05) is 13.8 Å². The maximum Gasteiger partial charge on any atom is 0.338 e. The molecule has 0 spiro atoms. The van der Waals surface area contributed by atoms with Crippen molar-refractivity contribution in [2.75, 3.05) is 6.61 Å². The second-order valence-electron chi connectivity index (χ2n) is 4.77. The number of fused-ring (bicyclic) bond motifs is 1. The van der Waals surface area contributed by atoms with Crippen LogP contribution in [0.15, 0.2) is 23.2 Å². The average molecular weight is 231 g/mol. The fraction of sp³-hybridized carbons (Fsp3) is 0.429. The van der Waals surface area contributed by atoms with Gasteiger partial charge in [-0.3, -0.25) is 4.99 Å². The molecule has 17 heavy (non-hydrogen) atoms. The van der Waals surface area contributed by atoms with Crippen LogP contribution in [0, 0.1) is 0 Å². The molecule has 0 aliphatic carbocycles. The third kappa shape index (κ3) is 1.86. The number of carbonyl (C=O) groups excluding carboxylic acids is 1. The van der Waals surface area contributed by atoms with Gasteiger partial charge in [0, 0.05) is 11.1 Å². The molecule has 3 nitrogen and oxygen atoms in total. The highest BCUT2D eigenvalue weighted by molar-refractivity contribution is 6.01. The van der Waals surface area contributed by atoms with Gasteiger partial charge in [0.05, 0.1) is 17.9 Å². The number of esters is 1. The van der Waals surface area contributed by atoms with E-state index in [-0.39, 0.29) is 11.4 Å². The molecule has 0 saturated carbocycles. The molecule has 0 bridgehead atoms. The smallest absolute Gasteiger partial charge is 0.338 e. The maximum absolute atomic E-state index is 11.7. The highest BCUT2D eigenvalue weighted by atomic mass is 16.5. The summed E-state index contributed by atoms with van der Waals surface area (Å²) in [5, 5.41) is 0. The Labute approximate surface area is 102 Å². The van der Waals surface area contributed by atoms with Gasteiger partial charge in [-0.05, 0) is 37.6 Å². The van der Waals surface area contributed by atoms with Crippen molar-refractivity contribution in [2.45, 2.75) is 33.1 Å². The number of benzene rings is 1. The van der Waals surface area contributed by atoms with Gasteiger partial charge in [-0.2, -0.15) is 0 Å². The van der Waals surface area contributed by atoms with Crippen LogP contribution >= 0.6 is 0 Å². The molecule has 0 N–H and O–H groups in total. The molecule has 0 radical (unpaired) electrons. The van der Waals surface area contributed by atoms with Crippen LogP contribution in [0.5, 0.6) is 0 Å². The Morgan fingerprint density at radius 3 is 2.76 bits per heavy atom. The minimum atomic E-state index is -0.268. The van der Waals surface area contributed by atoms with Crippen LogP contribution in [0.3, 0.4) is 0 Å². The minimum Gasteiger partial charge on any atom is -0.462 e. The van der Waals surface area contributed by atoms with Crippen molar-refractivity contribution in [1.29, 1.82) is 0 Å². The van der Waals surface area contributed by atoms with Crippen molar-refractivity contribution in [3.8, 4) is 0 Å². The van der Waals surface area contributed by atoms with Crippen LogP contribution in [0.4, 0.5) is 5.69 Å². The third-order valence-electron chi connectivity index (χ3n) is 3.37. The van der Waals surface area contributed by atoms with E-state index in [0.29, 0.717) is 12.2 Å². The Bertz CT molecular complexity index is 501. The van der Waals surface area contributed by atoms with Crippen LogP contribution in [-0.4, -0.2) is 18.3 Å². The first-order valence-electron chi connectivity index (χ1n) is 5.84. The SMILES string of the molecule is CCOC(=O)c1ccc2c(c1)C(C)(C)C(C)=N2. The van der Waals surface area contributed by atoms with E-state index in [1.54, 1.807) is 6.07 Å². The van der Waals surface area contributed by atoms with E-state index >= 15 is 0 Å². The van der Waals surface area contributed by atoms with Crippen LogP contribution in [0.25, 0.3) is 0 Å². The van der Waals surface area contributed by atoms with Gasteiger partial charge < -0.3 is 4.74 Å². The molecule has 0 fully saturated rings. The summed E-state index contributed by atoms with van der Waals surface area (Å²) in [6.07, 6.45) is 0. The number of nitrogens with zero attached hydrogens (tertiary/aromatic N) is 1. The first-order valence-corrected chi connectivity index (χ1v) is 5.84. The van der Waals surface area contributed by atoms with Crippen molar-refractivity contribution >= 4 is 17.4 Å². The van der Waals surface area contributed by atoms with Crippen LogP contribution < -0.4 is 0 Å². The molecule has 0 unspecified atom stereocenters. The largest absolute Gasteiger partial charge is 0.462 e. The zero-order valence-corrected chi connectivity index (χ0v) is 10.7. The number of hydrogen-bond donors (Lipinski definition) is 0. The van der Waals surface area contributed by atoms with Crippen LogP contribution in [-0.2, 0) is 10.2 Å². The number of rotatable bonds is 2. The third-order valence-corrected chi connectivity index (χ3v) is 3.37. The molecule has 1 aromatic rings. The highest BCUT2D eigenvalue weighted by Gasteiger charge is 2.32. The van der Waals surface area contributed by atoms with Gasteiger partial charge in [0.15, 0.2) is 0 Å². The van der Waals surface area contributed by atoms with Crippen molar-refractivity contribution < 1.29 is 9.53 Å². The van der Waals surface area contributed by atoms with E-state index in [4.69, 9.17) is 4.74 Å². The lowest BCUT2D eigenvalue weighted by molar-refractivity contribution is 0.0526. The summed E-state index contributed by atoms with van der Waals surface area (Å²) in [6.45, 7) is 8.46. The summed E-state index contributed by atoms with van der Waals surface area (Å²) >= 11 is 0. The summed E-state index contributed by atoms with van der Waals surface area (Å²) in [4.78, 5) is 16.2. The number of aliphatic imine (C=N–C) groups is 1. The summed E-state index contributed by atoms with van der Waals surface area (Å²) in [7, 11) is 0. The molecule has 1 aliphatic rings. The molecule has 2 rings (SSSR count).